The van der Waals surface area contributed by atoms with Crippen LogP contribution in [0.1, 0.15) is 27.2 Å². The Balaban J connectivity index is 1.80. The first-order valence-corrected chi connectivity index (χ1v) is 6.66. The second-order valence-corrected chi connectivity index (χ2v) is 6.08. The van der Waals surface area contributed by atoms with Gasteiger partial charge in [-0.05, 0) is 20.8 Å². The average molecular weight is 274 g/mol. The summed E-state index contributed by atoms with van der Waals surface area (Å²) >= 11 is 0. The van der Waals surface area contributed by atoms with Crippen LogP contribution in [-0.4, -0.2) is 49.1 Å². The normalized spacial score (nSPS) is 19.9. The van der Waals surface area contributed by atoms with E-state index in [1.807, 2.05) is 25.7 Å². The summed E-state index contributed by atoms with van der Waals surface area (Å²) in [5.74, 6) is 0.893. The Labute approximate surface area is 116 Å². The molecule has 1 amide bonds. The molecule has 1 saturated heterocycles. The summed E-state index contributed by atoms with van der Waals surface area (Å²) < 4.78 is 0. The van der Waals surface area contributed by atoms with Crippen molar-refractivity contribution in [3.8, 4) is 0 Å². The first-order valence-electron chi connectivity index (χ1n) is 6.66. The van der Waals surface area contributed by atoms with Crippen LogP contribution in [-0.2, 0) is 4.79 Å². The lowest BCUT2D eigenvalue weighted by molar-refractivity contribution is -0.131. The molecule has 0 bridgehead atoms. The SMILES string of the molecule is CC(C)(C)N1CC(Nc2ncnc3[nH]ncc23)CC1=O. The second kappa shape index (κ2) is 4.43. The Morgan fingerprint density at radius 2 is 2.20 bits per heavy atom. The summed E-state index contributed by atoms with van der Waals surface area (Å²) in [7, 11) is 0. The van der Waals surface area contributed by atoms with Crippen LogP contribution in [0, 0.1) is 0 Å². The van der Waals surface area contributed by atoms with Crippen LogP contribution in [0.3, 0.4) is 0 Å². The van der Waals surface area contributed by atoms with E-state index in [0.29, 0.717) is 18.6 Å². The predicted molar refractivity (Wildman–Crippen MR) is 75.2 cm³/mol. The minimum atomic E-state index is -0.149. The number of aromatic nitrogens is 4. The molecule has 106 valence electrons. The standard InChI is InChI=1S/C13H18N6O/c1-13(2,3)19-6-8(4-10(19)20)17-11-9-5-16-18-12(9)15-7-14-11/h5,7-8H,4,6H2,1-3H3,(H2,14,15,16,17,18). The van der Waals surface area contributed by atoms with Gasteiger partial charge in [-0.2, -0.15) is 5.10 Å². The van der Waals surface area contributed by atoms with E-state index in [9.17, 15) is 4.79 Å². The highest BCUT2D eigenvalue weighted by Crippen LogP contribution is 2.25. The maximum Gasteiger partial charge on any atom is 0.225 e. The lowest BCUT2D eigenvalue weighted by Gasteiger charge is -2.32. The number of nitrogens with zero attached hydrogens (tertiary/aromatic N) is 4. The molecule has 0 radical (unpaired) electrons. The largest absolute Gasteiger partial charge is 0.364 e. The first-order chi connectivity index (χ1) is 9.45. The Hall–Kier alpha value is -2.18. The van der Waals surface area contributed by atoms with Gasteiger partial charge in [0.1, 0.15) is 12.1 Å². The van der Waals surface area contributed by atoms with Crippen molar-refractivity contribution in [3.63, 3.8) is 0 Å². The number of aromatic amines is 1. The summed E-state index contributed by atoms with van der Waals surface area (Å²) in [6.45, 7) is 6.83. The Bertz CT molecular complexity index is 644. The van der Waals surface area contributed by atoms with Crippen LogP contribution in [0.15, 0.2) is 12.5 Å². The van der Waals surface area contributed by atoms with Gasteiger partial charge in [-0.1, -0.05) is 0 Å². The van der Waals surface area contributed by atoms with Crippen LogP contribution < -0.4 is 5.32 Å². The van der Waals surface area contributed by atoms with Crippen LogP contribution in [0.5, 0.6) is 0 Å². The van der Waals surface area contributed by atoms with Gasteiger partial charge in [-0.3, -0.25) is 9.89 Å². The third-order valence-electron chi connectivity index (χ3n) is 3.52. The Morgan fingerprint density at radius 1 is 1.40 bits per heavy atom. The molecule has 1 aliphatic heterocycles. The topological polar surface area (TPSA) is 86.8 Å². The highest BCUT2D eigenvalue weighted by atomic mass is 16.2. The van der Waals surface area contributed by atoms with E-state index in [-0.39, 0.29) is 17.5 Å². The second-order valence-electron chi connectivity index (χ2n) is 6.08. The zero-order valence-electron chi connectivity index (χ0n) is 11.8. The van der Waals surface area contributed by atoms with Gasteiger partial charge in [0.25, 0.3) is 0 Å². The first kappa shape index (κ1) is 12.8. The number of hydrogen-bond donors (Lipinski definition) is 2. The lowest BCUT2D eigenvalue weighted by atomic mass is 10.1. The molecule has 3 heterocycles. The quantitative estimate of drug-likeness (QED) is 0.858. The number of nitrogens with one attached hydrogen (secondary N) is 2. The van der Waals surface area contributed by atoms with Crippen molar-refractivity contribution in [2.45, 2.75) is 38.8 Å². The number of carbonyl (C=O) groups excluding carboxylic acids is 1. The van der Waals surface area contributed by atoms with Crippen molar-refractivity contribution in [2.24, 2.45) is 0 Å². The monoisotopic (exact) mass is 274 g/mol. The molecule has 1 fully saturated rings. The van der Waals surface area contributed by atoms with Gasteiger partial charge >= 0.3 is 0 Å². The summed E-state index contributed by atoms with van der Waals surface area (Å²) in [5.41, 5.74) is 0.545. The van der Waals surface area contributed by atoms with E-state index in [4.69, 9.17) is 0 Å². The zero-order chi connectivity index (χ0) is 14.3. The highest BCUT2D eigenvalue weighted by molar-refractivity contribution is 5.86. The van der Waals surface area contributed by atoms with Gasteiger partial charge in [0.15, 0.2) is 5.65 Å². The van der Waals surface area contributed by atoms with Crippen molar-refractivity contribution in [1.82, 2.24) is 25.1 Å². The van der Waals surface area contributed by atoms with E-state index in [2.05, 4.69) is 25.5 Å². The molecule has 20 heavy (non-hydrogen) atoms. The molecule has 2 aromatic rings. The molecule has 3 rings (SSSR count). The van der Waals surface area contributed by atoms with E-state index in [0.717, 1.165) is 11.2 Å². The number of H-pyrrole nitrogens is 1. The fourth-order valence-electron chi connectivity index (χ4n) is 2.53. The fourth-order valence-corrected chi connectivity index (χ4v) is 2.53. The van der Waals surface area contributed by atoms with Gasteiger partial charge in [0.2, 0.25) is 5.91 Å². The molecule has 1 aliphatic rings. The summed E-state index contributed by atoms with van der Waals surface area (Å²) in [5, 5.41) is 10.9. The van der Waals surface area contributed by atoms with Crippen LogP contribution in [0.4, 0.5) is 5.82 Å². The highest BCUT2D eigenvalue weighted by Gasteiger charge is 2.36. The summed E-state index contributed by atoms with van der Waals surface area (Å²) in [6, 6.07) is 0.0646. The molecule has 1 unspecified atom stereocenters. The molecule has 2 N–H and O–H groups in total. The maximum absolute atomic E-state index is 12.1. The van der Waals surface area contributed by atoms with Crippen molar-refractivity contribution in [3.05, 3.63) is 12.5 Å². The van der Waals surface area contributed by atoms with Crippen molar-refractivity contribution >= 4 is 22.8 Å². The van der Waals surface area contributed by atoms with Crippen molar-refractivity contribution in [2.75, 3.05) is 11.9 Å². The van der Waals surface area contributed by atoms with Crippen molar-refractivity contribution < 1.29 is 4.79 Å². The number of fused-ring (bicyclic) bond motifs is 1. The molecule has 7 heteroatoms. The number of carbonyl (C=O) groups is 1. The Morgan fingerprint density at radius 3 is 2.90 bits per heavy atom. The molecule has 7 nitrogen and oxygen atoms in total. The van der Waals surface area contributed by atoms with Gasteiger partial charge < -0.3 is 10.2 Å². The minimum absolute atomic E-state index is 0.0646. The fraction of sp³-hybridized carbons (Fsp3) is 0.538. The third-order valence-corrected chi connectivity index (χ3v) is 3.52. The number of anilines is 1. The minimum Gasteiger partial charge on any atom is -0.364 e. The predicted octanol–water partition coefficient (Wildman–Crippen LogP) is 1.16. The molecule has 1 atom stereocenters. The number of rotatable bonds is 2. The number of hydrogen-bond acceptors (Lipinski definition) is 5. The number of likely N-dealkylation sites (tertiary alicyclic amines) is 1. The number of amides is 1. The van der Waals surface area contributed by atoms with E-state index in [1.54, 1.807) is 6.20 Å². The zero-order valence-corrected chi connectivity index (χ0v) is 11.8. The van der Waals surface area contributed by atoms with E-state index in [1.165, 1.54) is 6.33 Å². The molecule has 0 aliphatic carbocycles. The lowest BCUT2D eigenvalue weighted by Crippen LogP contribution is -2.43. The molecule has 0 aromatic carbocycles. The molecular weight excluding hydrogens is 256 g/mol. The summed E-state index contributed by atoms with van der Waals surface area (Å²) in [4.78, 5) is 22.3. The maximum atomic E-state index is 12.1. The smallest absolute Gasteiger partial charge is 0.225 e. The van der Waals surface area contributed by atoms with Crippen molar-refractivity contribution in [1.29, 1.82) is 0 Å². The molecule has 0 saturated carbocycles. The van der Waals surface area contributed by atoms with Gasteiger partial charge in [0, 0.05) is 18.5 Å². The van der Waals surface area contributed by atoms with E-state index >= 15 is 0 Å². The van der Waals surface area contributed by atoms with Crippen LogP contribution in [0.2, 0.25) is 0 Å². The molecular formula is C13H18N6O. The van der Waals surface area contributed by atoms with E-state index < -0.39 is 0 Å². The molecule has 2 aromatic heterocycles. The van der Waals surface area contributed by atoms with Crippen LogP contribution >= 0.6 is 0 Å². The van der Waals surface area contributed by atoms with Crippen LogP contribution in [0.25, 0.3) is 11.0 Å². The summed E-state index contributed by atoms with van der Waals surface area (Å²) in [6.07, 6.45) is 3.66. The Kier molecular flexibility index (Phi) is 2.84. The van der Waals surface area contributed by atoms with Gasteiger partial charge in [-0.25, -0.2) is 9.97 Å². The average Bonchev–Trinajstić information content (AvgIpc) is 2.95. The van der Waals surface area contributed by atoms with Gasteiger partial charge in [-0.15, -0.1) is 0 Å². The third kappa shape index (κ3) is 2.19. The molecule has 0 spiro atoms. The van der Waals surface area contributed by atoms with Gasteiger partial charge in [0.05, 0.1) is 17.6 Å².